The van der Waals surface area contributed by atoms with Crippen LogP contribution in [0.4, 0.5) is 4.39 Å². The average Bonchev–Trinajstić information content (AvgIpc) is 2.93. The van der Waals surface area contributed by atoms with Gasteiger partial charge in [0.2, 0.25) is 0 Å². The molecule has 1 heterocycles. The zero-order valence-electron chi connectivity index (χ0n) is 12.7. The zero-order chi connectivity index (χ0) is 15.5. The van der Waals surface area contributed by atoms with E-state index >= 15 is 0 Å². The standard InChI is InChI=1S/C18H18FNO2/c1-3-20-11-13(16-5-4-6-17(19)18(16)20)12-22-15-9-7-14(21-2)8-10-15/h4-11H,3,12H2,1-2H3. The molecule has 1 aromatic heterocycles. The molecule has 0 atom stereocenters. The predicted molar refractivity (Wildman–Crippen MR) is 84.9 cm³/mol. The van der Waals surface area contributed by atoms with Gasteiger partial charge in [-0.05, 0) is 37.3 Å². The molecule has 0 unspecified atom stereocenters. The summed E-state index contributed by atoms with van der Waals surface area (Å²) < 4.78 is 26.9. The van der Waals surface area contributed by atoms with Gasteiger partial charge in [0, 0.05) is 23.7 Å². The highest BCUT2D eigenvalue weighted by molar-refractivity contribution is 5.84. The number of rotatable bonds is 5. The Labute approximate surface area is 128 Å². The first-order valence-corrected chi connectivity index (χ1v) is 7.26. The first kappa shape index (κ1) is 14.4. The van der Waals surface area contributed by atoms with Crippen molar-refractivity contribution >= 4 is 10.9 Å². The molecule has 3 aromatic rings. The fourth-order valence-electron chi connectivity index (χ4n) is 2.59. The Morgan fingerprint density at radius 1 is 1.05 bits per heavy atom. The van der Waals surface area contributed by atoms with E-state index in [2.05, 4.69) is 0 Å². The van der Waals surface area contributed by atoms with Gasteiger partial charge >= 0.3 is 0 Å². The lowest BCUT2D eigenvalue weighted by molar-refractivity contribution is 0.306. The fourth-order valence-corrected chi connectivity index (χ4v) is 2.59. The van der Waals surface area contributed by atoms with E-state index in [0.717, 1.165) is 29.0 Å². The van der Waals surface area contributed by atoms with Crippen molar-refractivity contribution in [3.63, 3.8) is 0 Å². The number of hydrogen-bond donors (Lipinski definition) is 0. The van der Waals surface area contributed by atoms with Crippen LogP contribution in [0.5, 0.6) is 11.5 Å². The highest BCUT2D eigenvalue weighted by atomic mass is 19.1. The van der Waals surface area contributed by atoms with Crippen LogP contribution in [0.1, 0.15) is 12.5 Å². The molecule has 0 N–H and O–H groups in total. The molecule has 0 spiro atoms. The normalized spacial score (nSPS) is 10.9. The molecule has 0 saturated carbocycles. The topological polar surface area (TPSA) is 23.4 Å². The van der Waals surface area contributed by atoms with Gasteiger partial charge in [-0.15, -0.1) is 0 Å². The van der Waals surface area contributed by atoms with E-state index in [0.29, 0.717) is 12.1 Å². The number of methoxy groups -OCH3 is 1. The summed E-state index contributed by atoms with van der Waals surface area (Å²) in [5.41, 5.74) is 1.62. The van der Waals surface area contributed by atoms with E-state index in [1.807, 2.05) is 48.0 Å². The second-order valence-corrected chi connectivity index (χ2v) is 5.04. The quantitative estimate of drug-likeness (QED) is 0.697. The van der Waals surface area contributed by atoms with Gasteiger partial charge in [0.15, 0.2) is 0 Å². The number of aromatic nitrogens is 1. The number of hydrogen-bond acceptors (Lipinski definition) is 2. The van der Waals surface area contributed by atoms with Crippen molar-refractivity contribution in [1.82, 2.24) is 4.57 Å². The van der Waals surface area contributed by atoms with Gasteiger partial charge < -0.3 is 14.0 Å². The van der Waals surface area contributed by atoms with Gasteiger partial charge in [-0.1, -0.05) is 12.1 Å². The number of ether oxygens (including phenoxy) is 2. The van der Waals surface area contributed by atoms with E-state index in [4.69, 9.17) is 9.47 Å². The number of fused-ring (bicyclic) bond motifs is 1. The summed E-state index contributed by atoms with van der Waals surface area (Å²) in [6, 6.07) is 12.6. The van der Waals surface area contributed by atoms with Gasteiger partial charge in [-0.3, -0.25) is 0 Å². The van der Waals surface area contributed by atoms with E-state index in [9.17, 15) is 4.39 Å². The Kier molecular flexibility index (Phi) is 4.00. The number of halogens is 1. The zero-order valence-corrected chi connectivity index (χ0v) is 12.7. The Balaban J connectivity index is 1.86. The van der Waals surface area contributed by atoms with Crippen molar-refractivity contribution in [1.29, 1.82) is 0 Å². The lowest BCUT2D eigenvalue weighted by Crippen LogP contribution is -1.95. The Bertz CT molecular complexity index is 778. The van der Waals surface area contributed by atoms with Crippen LogP contribution in [-0.2, 0) is 13.2 Å². The van der Waals surface area contributed by atoms with Crippen LogP contribution < -0.4 is 9.47 Å². The molecule has 0 bridgehead atoms. The maximum atomic E-state index is 14.0. The summed E-state index contributed by atoms with van der Waals surface area (Å²) in [5.74, 6) is 1.35. The van der Waals surface area contributed by atoms with Crippen molar-refractivity contribution in [3.8, 4) is 11.5 Å². The molecule has 2 aromatic carbocycles. The first-order valence-electron chi connectivity index (χ1n) is 7.26. The second-order valence-electron chi connectivity index (χ2n) is 5.04. The molecule has 0 fully saturated rings. The third-order valence-electron chi connectivity index (χ3n) is 3.73. The summed E-state index contributed by atoms with van der Waals surface area (Å²) in [5, 5.41) is 0.898. The summed E-state index contributed by atoms with van der Waals surface area (Å²) >= 11 is 0. The average molecular weight is 299 g/mol. The van der Waals surface area contributed by atoms with Crippen LogP contribution in [-0.4, -0.2) is 11.7 Å². The summed E-state index contributed by atoms with van der Waals surface area (Å²) in [6.07, 6.45) is 1.96. The summed E-state index contributed by atoms with van der Waals surface area (Å²) in [4.78, 5) is 0. The third kappa shape index (κ3) is 2.64. The molecule has 0 amide bonds. The first-order chi connectivity index (χ1) is 10.7. The van der Waals surface area contributed by atoms with Crippen LogP contribution in [0, 0.1) is 5.82 Å². The molecule has 3 nitrogen and oxygen atoms in total. The van der Waals surface area contributed by atoms with Crippen molar-refractivity contribution in [2.75, 3.05) is 7.11 Å². The molecule has 0 aliphatic carbocycles. The van der Waals surface area contributed by atoms with Crippen LogP contribution in [0.2, 0.25) is 0 Å². The highest BCUT2D eigenvalue weighted by Gasteiger charge is 2.11. The van der Waals surface area contributed by atoms with Crippen molar-refractivity contribution < 1.29 is 13.9 Å². The second kappa shape index (κ2) is 6.10. The summed E-state index contributed by atoms with van der Waals surface area (Å²) in [6.45, 7) is 3.12. The maximum Gasteiger partial charge on any atom is 0.147 e. The number of para-hydroxylation sites is 1. The lowest BCUT2D eigenvalue weighted by Gasteiger charge is -2.06. The van der Waals surface area contributed by atoms with Gasteiger partial charge in [-0.25, -0.2) is 4.39 Å². The minimum atomic E-state index is -0.199. The third-order valence-corrected chi connectivity index (χ3v) is 3.73. The van der Waals surface area contributed by atoms with Crippen molar-refractivity contribution in [2.24, 2.45) is 0 Å². The molecular formula is C18H18FNO2. The van der Waals surface area contributed by atoms with Gasteiger partial charge in [0.25, 0.3) is 0 Å². The van der Waals surface area contributed by atoms with Gasteiger partial charge in [0.1, 0.15) is 23.9 Å². The Hall–Kier alpha value is -2.49. The number of benzene rings is 2. The minimum absolute atomic E-state index is 0.199. The Morgan fingerprint density at radius 2 is 1.77 bits per heavy atom. The van der Waals surface area contributed by atoms with Crippen LogP contribution in [0.15, 0.2) is 48.7 Å². The Morgan fingerprint density at radius 3 is 2.45 bits per heavy atom. The molecule has 0 saturated heterocycles. The molecule has 4 heteroatoms. The lowest BCUT2D eigenvalue weighted by atomic mass is 10.2. The SMILES string of the molecule is CCn1cc(COc2ccc(OC)cc2)c2cccc(F)c21. The maximum absolute atomic E-state index is 14.0. The highest BCUT2D eigenvalue weighted by Crippen LogP contribution is 2.26. The predicted octanol–water partition coefficient (Wildman–Crippen LogP) is 4.39. The smallest absolute Gasteiger partial charge is 0.147 e. The monoisotopic (exact) mass is 299 g/mol. The molecule has 0 aliphatic rings. The molecule has 22 heavy (non-hydrogen) atoms. The number of nitrogens with zero attached hydrogens (tertiary/aromatic N) is 1. The van der Waals surface area contributed by atoms with E-state index < -0.39 is 0 Å². The van der Waals surface area contributed by atoms with Crippen LogP contribution in [0.25, 0.3) is 10.9 Å². The molecule has 0 radical (unpaired) electrons. The van der Waals surface area contributed by atoms with Crippen molar-refractivity contribution in [3.05, 3.63) is 60.0 Å². The van der Waals surface area contributed by atoms with E-state index in [1.54, 1.807) is 13.2 Å². The minimum Gasteiger partial charge on any atom is -0.497 e. The molecule has 0 aliphatic heterocycles. The molecular weight excluding hydrogens is 281 g/mol. The number of aryl methyl sites for hydroxylation is 1. The largest absolute Gasteiger partial charge is 0.497 e. The van der Waals surface area contributed by atoms with Crippen LogP contribution >= 0.6 is 0 Å². The van der Waals surface area contributed by atoms with Crippen LogP contribution in [0.3, 0.4) is 0 Å². The van der Waals surface area contributed by atoms with Crippen molar-refractivity contribution in [2.45, 2.75) is 20.1 Å². The van der Waals surface area contributed by atoms with Gasteiger partial charge in [0.05, 0.1) is 12.6 Å². The molecule has 114 valence electrons. The summed E-state index contributed by atoms with van der Waals surface area (Å²) in [7, 11) is 1.63. The fraction of sp³-hybridized carbons (Fsp3) is 0.222. The van der Waals surface area contributed by atoms with E-state index in [1.165, 1.54) is 6.07 Å². The van der Waals surface area contributed by atoms with Gasteiger partial charge in [-0.2, -0.15) is 0 Å². The van der Waals surface area contributed by atoms with E-state index in [-0.39, 0.29) is 5.82 Å². The molecule has 3 rings (SSSR count).